The zero-order valence-electron chi connectivity index (χ0n) is 13.0. The maximum Gasteiger partial charge on any atom is 0.311 e. The van der Waals surface area contributed by atoms with Gasteiger partial charge in [0, 0.05) is 18.7 Å². The number of aliphatic carboxylic acids is 1. The number of hydrogen-bond acceptors (Lipinski definition) is 2. The van der Waals surface area contributed by atoms with E-state index >= 15 is 0 Å². The molecule has 114 valence electrons. The normalized spacial score (nSPS) is 21.6. The summed E-state index contributed by atoms with van der Waals surface area (Å²) >= 11 is 0. The summed E-state index contributed by atoms with van der Waals surface area (Å²) < 4.78 is 0. The first-order valence-corrected chi connectivity index (χ1v) is 7.49. The molecule has 21 heavy (non-hydrogen) atoms. The summed E-state index contributed by atoms with van der Waals surface area (Å²) in [5.41, 5.74) is 1.91. The van der Waals surface area contributed by atoms with E-state index < -0.39 is 11.4 Å². The van der Waals surface area contributed by atoms with E-state index in [9.17, 15) is 14.7 Å². The molecule has 1 amide bonds. The zero-order chi connectivity index (χ0) is 15.6. The molecule has 0 aromatic heterocycles. The van der Waals surface area contributed by atoms with E-state index in [1.807, 2.05) is 39.0 Å². The van der Waals surface area contributed by atoms with Crippen LogP contribution in [0.25, 0.3) is 0 Å². The van der Waals surface area contributed by atoms with Gasteiger partial charge < -0.3 is 10.0 Å². The lowest BCUT2D eigenvalue weighted by atomic mass is 9.83. The Balaban J connectivity index is 2.22. The average molecular weight is 289 g/mol. The number of carbonyl (C=O) groups is 2. The van der Waals surface area contributed by atoms with E-state index in [2.05, 4.69) is 0 Å². The molecule has 0 saturated carbocycles. The van der Waals surface area contributed by atoms with Crippen LogP contribution in [0.2, 0.25) is 0 Å². The summed E-state index contributed by atoms with van der Waals surface area (Å²) in [5.74, 6) is -0.823. The zero-order valence-corrected chi connectivity index (χ0v) is 13.0. The average Bonchev–Trinajstić information content (AvgIpc) is 2.87. The smallest absolute Gasteiger partial charge is 0.311 e. The fourth-order valence-electron chi connectivity index (χ4n) is 3.15. The summed E-state index contributed by atoms with van der Waals surface area (Å²) in [6.45, 7) is 6.71. The van der Waals surface area contributed by atoms with Gasteiger partial charge in [-0.1, -0.05) is 31.0 Å². The quantitative estimate of drug-likeness (QED) is 0.927. The molecule has 0 aliphatic carbocycles. The molecular weight excluding hydrogens is 266 g/mol. The van der Waals surface area contributed by atoms with Gasteiger partial charge in [-0.05, 0) is 38.3 Å². The number of amides is 1. The number of rotatable bonds is 4. The predicted molar refractivity (Wildman–Crippen MR) is 81.4 cm³/mol. The highest BCUT2D eigenvalue weighted by atomic mass is 16.4. The Morgan fingerprint density at radius 3 is 2.67 bits per heavy atom. The number of carboxylic acids is 1. The Bertz CT molecular complexity index is 567. The first-order chi connectivity index (χ1) is 9.89. The van der Waals surface area contributed by atoms with Gasteiger partial charge in [-0.3, -0.25) is 9.59 Å². The lowest BCUT2D eigenvalue weighted by molar-refractivity contribution is -0.148. The van der Waals surface area contributed by atoms with Crippen molar-refractivity contribution in [2.24, 2.45) is 5.41 Å². The number of aryl methyl sites for hydroxylation is 2. The Morgan fingerprint density at radius 2 is 2.05 bits per heavy atom. The molecule has 1 heterocycles. The minimum atomic E-state index is -0.777. The van der Waals surface area contributed by atoms with Crippen LogP contribution in [0.5, 0.6) is 0 Å². The molecular formula is C17H23NO3. The Labute approximate surface area is 125 Å². The topological polar surface area (TPSA) is 57.6 Å². The summed E-state index contributed by atoms with van der Waals surface area (Å²) in [7, 11) is 0. The Morgan fingerprint density at radius 1 is 1.33 bits per heavy atom. The fraction of sp³-hybridized carbons (Fsp3) is 0.529. The van der Waals surface area contributed by atoms with Gasteiger partial charge in [-0.15, -0.1) is 0 Å². The van der Waals surface area contributed by atoms with Crippen molar-refractivity contribution in [2.75, 3.05) is 13.1 Å². The third-order valence-corrected chi connectivity index (χ3v) is 4.45. The molecule has 4 heteroatoms. The summed E-state index contributed by atoms with van der Waals surface area (Å²) in [5, 5.41) is 9.53. The van der Waals surface area contributed by atoms with Gasteiger partial charge in [0.25, 0.3) is 5.91 Å². The molecule has 1 N–H and O–H groups in total. The van der Waals surface area contributed by atoms with Crippen molar-refractivity contribution in [3.63, 3.8) is 0 Å². The van der Waals surface area contributed by atoms with Crippen LogP contribution in [-0.4, -0.2) is 35.0 Å². The first-order valence-electron chi connectivity index (χ1n) is 7.49. The van der Waals surface area contributed by atoms with E-state index in [1.165, 1.54) is 0 Å². The highest BCUT2D eigenvalue weighted by Gasteiger charge is 2.45. The number of benzene rings is 1. The van der Waals surface area contributed by atoms with Crippen molar-refractivity contribution < 1.29 is 14.7 Å². The van der Waals surface area contributed by atoms with Crippen LogP contribution >= 0.6 is 0 Å². The first kappa shape index (κ1) is 15.5. The van der Waals surface area contributed by atoms with Crippen molar-refractivity contribution in [3.05, 3.63) is 34.9 Å². The second kappa shape index (κ2) is 5.88. The van der Waals surface area contributed by atoms with Crippen LogP contribution in [-0.2, 0) is 4.79 Å². The molecule has 0 radical (unpaired) electrons. The number of hydrogen-bond donors (Lipinski definition) is 1. The molecule has 1 atom stereocenters. The molecule has 1 saturated heterocycles. The number of carbonyl (C=O) groups excluding carboxylic acids is 1. The third kappa shape index (κ3) is 2.94. The van der Waals surface area contributed by atoms with Crippen molar-refractivity contribution >= 4 is 11.9 Å². The largest absolute Gasteiger partial charge is 0.481 e. The van der Waals surface area contributed by atoms with Gasteiger partial charge in [-0.2, -0.15) is 0 Å². The molecule has 2 rings (SSSR count). The Kier molecular flexibility index (Phi) is 4.35. The molecule has 4 nitrogen and oxygen atoms in total. The summed E-state index contributed by atoms with van der Waals surface area (Å²) in [6.07, 6.45) is 1.99. The van der Waals surface area contributed by atoms with Crippen molar-refractivity contribution in [2.45, 2.75) is 40.0 Å². The second-order valence-corrected chi connectivity index (χ2v) is 6.13. The van der Waals surface area contributed by atoms with Crippen LogP contribution < -0.4 is 0 Å². The maximum atomic E-state index is 12.7. The van der Waals surface area contributed by atoms with E-state index in [0.29, 0.717) is 31.5 Å². The number of likely N-dealkylation sites (tertiary alicyclic amines) is 1. The van der Waals surface area contributed by atoms with Crippen molar-refractivity contribution in [1.82, 2.24) is 4.90 Å². The van der Waals surface area contributed by atoms with Gasteiger partial charge >= 0.3 is 5.97 Å². The summed E-state index contributed by atoms with van der Waals surface area (Å²) in [6, 6.07) is 5.81. The minimum Gasteiger partial charge on any atom is -0.481 e. The van der Waals surface area contributed by atoms with Gasteiger partial charge in [-0.25, -0.2) is 0 Å². The molecule has 1 aromatic carbocycles. The van der Waals surface area contributed by atoms with Crippen LogP contribution in [0, 0.1) is 19.3 Å². The van der Waals surface area contributed by atoms with E-state index in [0.717, 1.165) is 17.5 Å². The SMILES string of the molecule is CCCC1(C(=O)O)CCN(C(=O)c2cc(C)ccc2C)C1. The van der Waals surface area contributed by atoms with E-state index in [4.69, 9.17) is 0 Å². The maximum absolute atomic E-state index is 12.7. The lowest BCUT2D eigenvalue weighted by Gasteiger charge is -2.24. The standard InChI is InChI=1S/C17H23NO3/c1-4-7-17(16(20)21)8-9-18(11-17)15(19)14-10-12(2)5-6-13(14)3/h5-6,10H,4,7-9,11H2,1-3H3,(H,20,21). The van der Waals surface area contributed by atoms with Gasteiger partial charge in [0.05, 0.1) is 5.41 Å². The molecule has 1 aliphatic rings. The number of nitrogens with zero attached hydrogens (tertiary/aromatic N) is 1. The van der Waals surface area contributed by atoms with Gasteiger partial charge in [0.1, 0.15) is 0 Å². The lowest BCUT2D eigenvalue weighted by Crippen LogP contribution is -2.37. The molecule has 0 bridgehead atoms. The highest BCUT2D eigenvalue weighted by Crippen LogP contribution is 2.36. The van der Waals surface area contributed by atoms with Crippen LogP contribution in [0.15, 0.2) is 18.2 Å². The van der Waals surface area contributed by atoms with E-state index in [1.54, 1.807) is 4.90 Å². The van der Waals surface area contributed by atoms with Crippen LogP contribution in [0.4, 0.5) is 0 Å². The van der Waals surface area contributed by atoms with Crippen molar-refractivity contribution in [1.29, 1.82) is 0 Å². The summed E-state index contributed by atoms with van der Waals surface area (Å²) in [4.78, 5) is 26.0. The Hall–Kier alpha value is -1.84. The van der Waals surface area contributed by atoms with E-state index in [-0.39, 0.29) is 5.91 Å². The molecule has 1 aromatic rings. The van der Waals surface area contributed by atoms with Gasteiger partial charge in [0.2, 0.25) is 0 Å². The molecule has 0 spiro atoms. The van der Waals surface area contributed by atoms with Gasteiger partial charge in [0.15, 0.2) is 0 Å². The van der Waals surface area contributed by atoms with Crippen LogP contribution in [0.1, 0.15) is 47.7 Å². The third-order valence-electron chi connectivity index (χ3n) is 4.45. The van der Waals surface area contributed by atoms with Crippen molar-refractivity contribution in [3.8, 4) is 0 Å². The molecule has 1 aliphatic heterocycles. The predicted octanol–water partition coefficient (Wildman–Crippen LogP) is 3.02. The molecule has 1 unspecified atom stereocenters. The monoisotopic (exact) mass is 289 g/mol. The minimum absolute atomic E-state index is 0.0459. The molecule has 1 fully saturated rings. The second-order valence-electron chi connectivity index (χ2n) is 6.13. The fourth-order valence-corrected chi connectivity index (χ4v) is 3.15. The van der Waals surface area contributed by atoms with Crippen LogP contribution in [0.3, 0.4) is 0 Å². The highest BCUT2D eigenvalue weighted by molar-refractivity contribution is 5.96. The number of carboxylic acid groups (broad SMARTS) is 1.